The van der Waals surface area contributed by atoms with Crippen LogP contribution in [0.2, 0.25) is 5.02 Å². The lowest BCUT2D eigenvalue weighted by molar-refractivity contribution is -0.132. The molecule has 3 aromatic rings. The molecule has 6 nitrogen and oxygen atoms in total. The summed E-state index contributed by atoms with van der Waals surface area (Å²) < 4.78 is 10.7. The third kappa shape index (κ3) is 3.90. The summed E-state index contributed by atoms with van der Waals surface area (Å²) in [6.07, 6.45) is 0. The Hall–Kier alpha value is -3.77. The monoisotopic (exact) mass is 477 g/mol. The standard InChI is InChI=1S/C27H24ClNO5/c1-15-8-7-10-17(12-15)24-23(25(30)18-13-19(28)22(34-4)14-21(18)33-3)26(31)27(32)29(24)20-11-6-5-9-16(20)2/h5-14,24,30H,1-4H3/b25-23+. The van der Waals surface area contributed by atoms with Gasteiger partial charge in [0.25, 0.3) is 11.7 Å². The second-order valence-corrected chi connectivity index (χ2v) is 8.46. The normalized spacial score (nSPS) is 17.2. The Morgan fingerprint density at radius 1 is 0.941 bits per heavy atom. The number of nitrogens with zero attached hydrogens (tertiary/aromatic N) is 1. The van der Waals surface area contributed by atoms with E-state index in [1.54, 1.807) is 12.1 Å². The number of ether oxygens (including phenoxy) is 2. The minimum atomic E-state index is -0.841. The van der Waals surface area contributed by atoms with Crippen molar-refractivity contribution in [1.82, 2.24) is 0 Å². The summed E-state index contributed by atoms with van der Waals surface area (Å²) in [5.74, 6) is -1.28. The largest absolute Gasteiger partial charge is 0.507 e. The van der Waals surface area contributed by atoms with Crippen LogP contribution in [-0.4, -0.2) is 31.0 Å². The SMILES string of the molecule is COc1cc(OC)c(/C(O)=C2\C(=O)C(=O)N(c3ccccc3C)C2c2cccc(C)c2)cc1Cl. The number of aliphatic hydroxyl groups excluding tert-OH is 1. The molecule has 34 heavy (non-hydrogen) atoms. The molecule has 4 rings (SSSR count). The number of carbonyl (C=O) groups is 2. The van der Waals surface area contributed by atoms with Gasteiger partial charge in [0.1, 0.15) is 17.3 Å². The first-order chi connectivity index (χ1) is 16.3. The van der Waals surface area contributed by atoms with Gasteiger partial charge in [0.15, 0.2) is 0 Å². The zero-order valence-electron chi connectivity index (χ0n) is 19.3. The van der Waals surface area contributed by atoms with Crippen LogP contribution in [0.3, 0.4) is 0 Å². The maximum atomic E-state index is 13.4. The van der Waals surface area contributed by atoms with Crippen molar-refractivity contribution in [2.24, 2.45) is 0 Å². The van der Waals surface area contributed by atoms with Crippen molar-refractivity contribution in [3.05, 3.63) is 93.5 Å². The minimum absolute atomic E-state index is 0.0432. The number of hydrogen-bond donors (Lipinski definition) is 1. The van der Waals surface area contributed by atoms with Gasteiger partial charge in [-0.2, -0.15) is 0 Å². The number of Topliss-reactive ketones (excluding diaryl/α,β-unsaturated/α-hetero) is 1. The van der Waals surface area contributed by atoms with Crippen LogP contribution in [-0.2, 0) is 9.59 Å². The first-order valence-electron chi connectivity index (χ1n) is 10.6. The van der Waals surface area contributed by atoms with E-state index >= 15 is 0 Å². The Kier molecular flexibility index (Phi) is 6.35. The van der Waals surface area contributed by atoms with Crippen molar-refractivity contribution in [2.75, 3.05) is 19.1 Å². The van der Waals surface area contributed by atoms with Crippen LogP contribution in [0.1, 0.15) is 28.3 Å². The van der Waals surface area contributed by atoms with Gasteiger partial charge < -0.3 is 14.6 Å². The summed E-state index contributed by atoms with van der Waals surface area (Å²) in [4.78, 5) is 28.2. The number of halogens is 1. The predicted molar refractivity (Wildman–Crippen MR) is 132 cm³/mol. The van der Waals surface area contributed by atoms with Gasteiger partial charge in [-0.3, -0.25) is 14.5 Å². The molecule has 1 aliphatic rings. The van der Waals surface area contributed by atoms with Crippen LogP contribution >= 0.6 is 11.6 Å². The Morgan fingerprint density at radius 3 is 2.29 bits per heavy atom. The van der Waals surface area contributed by atoms with Crippen molar-refractivity contribution < 1.29 is 24.2 Å². The van der Waals surface area contributed by atoms with Crippen LogP contribution < -0.4 is 14.4 Å². The molecule has 0 spiro atoms. The van der Waals surface area contributed by atoms with Crippen LogP contribution in [0.15, 0.2) is 66.2 Å². The van der Waals surface area contributed by atoms with Crippen LogP contribution in [0.4, 0.5) is 5.69 Å². The average Bonchev–Trinajstić information content (AvgIpc) is 3.09. The van der Waals surface area contributed by atoms with Crippen molar-refractivity contribution in [2.45, 2.75) is 19.9 Å². The third-order valence-electron chi connectivity index (χ3n) is 5.91. The number of aliphatic hydroxyl groups is 1. The van der Waals surface area contributed by atoms with Crippen molar-refractivity contribution >= 4 is 34.7 Å². The fourth-order valence-electron chi connectivity index (χ4n) is 4.26. The molecule has 0 saturated carbocycles. The number of anilines is 1. The number of carbonyl (C=O) groups excluding carboxylic acids is 2. The van der Waals surface area contributed by atoms with Crippen molar-refractivity contribution in [1.29, 1.82) is 0 Å². The van der Waals surface area contributed by atoms with E-state index in [-0.39, 0.29) is 27.7 Å². The summed E-state index contributed by atoms with van der Waals surface area (Å²) in [7, 11) is 2.90. The maximum Gasteiger partial charge on any atom is 0.300 e. The molecule has 7 heteroatoms. The van der Waals surface area contributed by atoms with E-state index in [9.17, 15) is 14.7 Å². The highest BCUT2D eigenvalue weighted by Crippen LogP contribution is 2.45. The molecule has 1 saturated heterocycles. The highest BCUT2D eigenvalue weighted by Gasteiger charge is 2.47. The highest BCUT2D eigenvalue weighted by molar-refractivity contribution is 6.52. The second kappa shape index (κ2) is 9.23. The number of rotatable bonds is 5. The number of para-hydroxylation sites is 1. The fourth-order valence-corrected chi connectivity index (χ4v) is 4.50. The Balaban J connectivity index is 2.02. The smallest absolute Gasteiger partial charge is 0.300 e. The lowest BCUT2D eigenvalue weighted by Gasteiger charge is -2.27. The molecule has 0 radical (unpaired) electrons. The van der Waals surface area contributed by atoms with E-state index in [1.807, 2.05) is 50.2 Å². The topological polar surface area (TPSA) is 76.1 Å². The van der Waals surface area contributed by atoms with E-state index in [1.165, 1.54) is 31.3 Å². The number of benzene rings is 3. The number of methoxy groups -OCH3 is 2. The lowest BCUT2D eigenvalue weighted by Crippen LogP contribution is -2.30. The van der Waals surface area contributed by atoms with E-state index in [2.05, 4.69) is 0 Å². The quantitative estimate of drug-likeness (QED) is 0.294. The summed E-state index contributed by atoms with van der Waals surface area (Å²) in [5.41, 5.74) is 3.22. The molecule has 0 aromatic heterocycles. The van der Waals surface area contributed by atoms with Gasteiger partial charge in [0, 0.05) is 11.8 Å². The van der Waals surface area contributed by atoms with E-state index in [0.29, 0.717) is 17.0 Å². The van der Waals surface area contributed by atoms with Gasteiger partial charge in [-0.05, 0) is 37.1 Å². The van der Waals surface area contributed by atoms with Gasteiger partial charge in [-0.1, -0.05) is 59.6 Å². The van der Waals surface area contributed by atoms with Crippen LogP contribution in [0.5, 0.6) is 11.5 Å². The first kappa shape index (κ1) is 23.4. The Labute approximate surface area is 203 Å². The predicted octanol–water partition coefficient (Wildman–Crippen LogP) is 5.60. The zero-order valence-corrected chi connectivity index (χ0v) is 20.0. The summed E-state index contributed by atoms with van der Waals surface area (Å²) >= 11 is 6.32. The van der Waals surface area contributed by atoms with E-state index < -0.39 is 17.7 Å². The molecule has 0 bridgehead atoms. The molecule has 1 atom stereocenters. The van der Waals surface area contributed by atoms with Crippen molar-refractivity contribution in [3.8, 4) is 11.5 Å². The number of amides is 1. The van der Waals surface area contributed by atoms with Crippen LogP contribution in [0, 0.1) is 13.8 Å². The summed E-state index contributed by atoms with van der Waals surface area (Å²) in [6, 6.07) is 17.0. The number of aryl methyl sites for hydroxylation is 2. The Morgan fingerprint density at radius 2 is 1.65 bits per heavy atom. The third-order valence-corrected chi connectivity index (χ3v) is 6.20. The average molecular weight is 478 g/mol. The van der Waals surface area contributed by atoms with Gasteiger partial charge in [0.2, 0.25) is 0 Å². The van der Waals surface area contributed by atoms with Crippen molar-refractivity contribution in [3.63, 3.8) is 0 Å². The molecule has 174 valence electrons. The first-order valence-corrected chi connectivity index (χ1v) is 11.0. The number of ketones is 1. The molecular formula is C27H24ClNO5. The Bertz CT molecular complexity index is 1330. The van der Waals surface area contributed by atoms with Crippen LogP contribution in [0.25, 0.3) is 5.76 Å². The molecule has 1 unspecified atom stereocenters. The highest BCUT2D eigenvalue weighted by atomic mass is 35.5. The number of hydrogen-bond acceptors (Lipinski definition) is 5. The zero-order chi connectivity index (χ0) is 24.6. The second-order valence-electron chi connectivity index (χ2n) is 8.06. The molecule has 1 aliphatic heterocycles. The van der Waals surface area contributed by atoms with E-state index in [4.69, 9.17) is 21.1 Å². The fraction of sp³-hybridized carbons (Fsp3) is 0.185. The van der Waals surface area contributed by atoms with Gasteiger partial charge in [-0.25, -0.2) is 0 Å². The molecule has 1 amide bonds. The molecule has 1 fully saturated rings. The summed E-state index contributed by atoms with van der Waals surface area (Å²) in [5, 5.41) is 11.7. The summed E-state index contributed by atoms with van der Waals surface area (Å²) in [6.45, 7) is 3.80. The van der Waals surface area contributed by atoms with Gasteiger partial charge in [0.05, 0.1) is 36.4 Å². The maximum absolute atomic E-state index is 13.4. The molecular weight excluding hydrogens is 454 g/mol. The van der Waals surface area contributed by atoms with E-state index in [0.717, 1.165) is 11.1 Å². The minimum Gasteiger partial charge on any atom is -0.507 e. The van der Waals surface area contributed by atoms with Gasteiger partial charge in [-0.15, -0.1) is 0 Å². The molecule has 3 aromatic carbocycles. The lowest BCUT2D eigenvalue weighted by atomic mass is 9.93. The molecule has 0 aliphatic carbocycles. The molecule has 1 N–H and O–H groups in total. The molecule has 1 heterocycles. The van der Waals surface area contributed by atoms with Gasteiger partial charge >= 0.3 is 0 Å².